The van der Waals surface area contributed by atoms with Crippen LogP contribution in [0.25, 0.3) is 22.7 Å². The highest BCUT2D eigenvalue weighted by atomic mass is 19.1. The van der Waals surface area contributed by atoms with Crippen molar-refractivity contribution in [1.82, 2.24) is 29.5 Å². The van der Waals surface area contributed by atoms with Crippen LogP contribution in [0.3, 0.4) is 0 Å². The number of rotatable bonds is 5. The van der Waals surface area contributed by atoms with Crippen LogP contribution in [0.2, 0.25) is 0 Å². The topological polar surface area (TPSA) is 77.1 Å². The van der Waals surface area contributed by atoms with E-state index in [0.717, 1.165) is 5.56 Å². The SMILES string of the molecule is O=C(NCc1ccccc1)c1nc(-c2ccnn2-c2ccc(F)cc2)n2ccncc12. The molecule has 5 aromatic rings. The summed E-state index contributed by atoms with van der Waals surface area (Å²) in [7, 11) is 0. The molecule has 0 saturated heterocycles. The normalized spacial score (nSPS) is 11.0. The van der Waals surface area contributed by atoms with Gasteiger partial charge in [-0.05, 0) is 35.9 Å². The monoisotopic (exact) mass is 412 g/mol. The van der Waals surface area contributed by atoms with Crippen molar-refractivity contribution in [3.05, 3.63) is 103 Å². The summed E-state index contributed by atoms with van der Waals surface area (Å²) in [5.41, 5.74) is 3.19. The number of fused-ring (bicyclic) bond motifs is 1. The van der Waals surface area contributed by atoms with Crippen molar-refractivity contribution in [3.8, 4) is 17.2 Å². The van der Waals surface area contributed by atoms with Gasteiger partial charge in [-0.3, -0.25) is 14.2 Å². The molecule has 0 aliphatic carbocycles. The molecule has 3 heterocycles. The summed E-state index contributed by atoms with van der Waals surface area (Å²) in [5.74, 6) is -0.0929. The van der Waals surface area contributed by atoms with Crippen LogP contribution < -0.4 is 5.32 Å². The van der Waals surface area contributed by atoms with Crippen molar-refractivity contribution in [2.24, 2.45) is 0 Å². The summed E-state index contributed by atoms with van der Waals surface area (Å²) in [4.78, 5) is 21.7. The molecular formula is C23H17FN6O. The Balaban J connectivity index is 1.54. The number of imidazole rings is 1. The maximum absolute atomic E-state index is 13.4. The highest BCUT2D eigenvalue weighted by Crippen LogP contribution is 2.25. The number of halogens is 1. The number of nitrogens with zero attached hydrogens (tertiary/aromatic N) is 5. The molecule has 0 spiro atoms. The molecule has 31 heavy (non-hydrogen) atoms. The van der Waals surface area contributed by atoms with E-state index < -0.39 is 0 Å². The van der Waals surface area contributed by atoms with Gasteiger partial charge in [0.25, 0.3) is 5.91 Å². The Morgan fingerprint density at radius 2 is 1.81 bits per heavy atom. The minimum Gasteiger partial charge on any atom is -0.347 e. The van der Waals surface area contributed by atoms with E-state index in [-0.39, 0.29) is 17.4 Å². The first-order valence-electron chi connectivity index (χ1n) is 9.65. The Labute approximate surface area is 176 Å². The number of nitrogens with one attached hydrogen (secondary N) is 1. The molecule has 5 rings (SSSR count). The predicted molar refractivity (Wildman–Crippen MR) is 113 cm³/mol. The molecular weight excluding hydrogens is 395 g/mol. The zero-order chi connectivity index (χ0) is 21.2. The van der Waals surface area contributed by atoms with Crippen LogP contribution in [0.4, 0.5) is 4.39 Å². The number of hydrogen-bond donors (Lipinski definition) is 1. The first-order chi connectivity index (χ1) is 15.2. The van der Waals surface area contributed by atoms with Crippen molar-refractivity contribution in [2.75, 3.05) is 0 Å². The average molecular weight is 412 g/mol. The summed E-state index contributed by atoms with van der Waals surface area (Å²) >= 11 is 0. The molecule has 8 heteroatoms. The van der Waals surface area contributed by atoms with Crippen molar-refractivity contribution >= 4 is 11.4 Å². The zero-order valence-corrected chi connectivity index (χ0v) is 16.3. The Bertz CT molecular complexity index is 1360. The van der Waals surface area contributed by atoms with E-state index in [1.165, 1.54) is 12.1 Å². The lowest BCUT2D eigenvalue weighted by Gasteiger charge is -2.06. The molecule has 0 bridgehead atoms. The summed E-state index contributed by atoms with van der Waals surface area (Å²) < 4.78 is 16.8. The number of benzene rings is 2. The zero-order valence-electron chi connectivity index (χ0n) is 16.3. The van der Waals surface area contributed by atoms with Crippen molar-refractivity contribution in [1.29, 1.82) is 0 Å². The van der Waals surface area contributed by atoms with Crippen molar-refractivity contribution < 1.29 is 9.18 Å². The van der Waals surface area contributed by atoms with E-state index >= 15 is 0 Å². The summed E-state index contributed by atoms with van der Waals surface area (Å²) in [6, 6.07) is 17.5. The second-order valence-corrected chi connectivity index (χ2v) is 6.89. The first kappa shape index (κ1) is 18.7. The molecule has 2 aromatic carbocycles. The van der Waals surface area contributed by atoms with Gasteiger partial charge in [-0.15, -0.1) is 0 Å². The number of aromatic nitrogens is 5. The molecule has 0 aliphatic heterocycles. The molecule has 0 radical (unpaired) electrons. The lowest BCUT2D eigenvalue weighted by atomic mass is 10.2. The lowest BCUT2D eigenvalue weighted by molar-refractivity contribution is 0.0948. The molecule has 1 amide bonds. The molecule has 3 aromatic heterocycles. The average Bonchev–Trinajstić information content (AvgIpc) is 3.44. The predicted octanol–water partition coefficient (Wildman–Crippen LogP) is 3.65. The van der Waals surface area contributed by atoms with Crippen LogP contribution in [-0.4, -0.2) is 30.1 Å². The Kier molecular flexibility index (Phi) is 4.72. The third kappa shape index (κ3) is 3.55. The van der Waals surface area contributed by atoms with Crippen molar-refractivity contribution in [3.63, 3.8) is 0 Å². The van der Waals surface area contributed by atoms with Gasteiger partial charge in [0.05, 0.1) is 23.6 Å². The number of amides is 1. The van der Waals surface area contributed by atoms with Gasteiger partial charge in [0.1, 0.15) is 11.5 Å². The maximum atomic E-state index is 13.4. The van der Waals surface area contributed by atoms with Gasteiger partial charge in [-0.1, -0.05) is 30.3 Å². The Morgan fingerprint density at radius 1 is 1.00 bits per heavy atom. The van der Waals surface area contributed by atoms with Crippen molar-refractivity contribution in [2.45, 2.75) is 6.54 Å². The van der Waals surface area contributed by atoms with Crippen LogP contribution in [0.1, 0.15) is 16.1 Å². The maximum Gasteiger partial charge on any atom is 0.272 e. The largest absolute Gasteiger partial charge is 0.347 e. The van der Waals surface area contributed by atoms with Crippen LogP contribution >= 0.6 is 0 Å². The molecule has 7 nitrogen and oxygen atoms in total. The molecule has 1 N–H and O–H groups in total. The minimum absolute atomic E-state index is 0.269. The number of hydrogen-bond acceptors (Lipinski definition) is 4. The Morgan fingerprint density at radius 3 is 2.61 bits per heavy atom. The van der Waals surface area contributed by atoms with E-state index in [0.29, 0.717) is 29.3 Å². The third-order valence-corrected chi connectivity index (χ3v) is 4.90. The summed E-state index contributed by atoms with van der Waals surface area (Å²) in [6.45, 7) is 0.391. The fraction of sp³-hybridized carbons (Fsp3) is 0.0435. The quantitative estimate of drug-likeness (QED) is 0.478. The Hall–Kier alpha value is -4.33. The highest BCUT2D eigenvalue weighted by molar-refractivity contribution is 5.99. The van der Waals surface area contributed by atoms with Gasteiger partial charge >= 0.3 is 0 Å². The molecule has 0 fully saturated rings. The molecule has 152 valence electrons. The smallest absolute Gasteiger partial charge is 0.272 e. The van der Waals surface area contributed by atoms with Crippen LogP contribution in [0, 0.1) is 5.82 Å². The van der Waals surface area contributed by atoms with Gasteiger partial charge in [0.15, 0.2) is 11.5 Å². The van der Waals surface area contributed by atoms with E-state index in [1.807, 2.05) is 30.3 Å². The van der Waals surface area contributed by atoms with Crippen LogP contribution in [-0.2, 0) is 6.54 Å². The standard InChI is InChI=1S/C23H17FN6O/c24-17-6-8-18(9-7-17)30-19(10-11-27-30)22-28-21(20-15-25-12-13-29(20)22)23(31)26-14-16-4-2-1-3-5-16/h1-13,15H,14H2,(H,26,31). The second kappa shape index (κ2) is 7.83. The van der Waals surface area contributed by atoms with Crippen LogP contribution in [0.5, 0.6) is 0 Å². The molecule has 0 atom stereocenters. The number of carbonyl (C=O) groups excluding carboxylic acids is 1. The third-order valence-electron chi connectivity index (χ3n) is 4.90. The van der Waals surface area contributed by atoms with Crippen LogP contribution in [0.15, 0.2) is 85.5 Å². The van der Waals surface area contributed by atoms with Gasteiger partial charge in [-0.2, -0.15) is 5.10 Å². The molecule has 0 aliphatic rings. The lowest BCUT2D eigenvalue weighted by Crippen LogP contribution is -2.23. The first-order valence-corrected chi connectivity index (χ1v) is 9.65. The molecule has 0 unspecified atom stereocenters. The fourth-order valence-corrected chi connectivity index (χ4v) is 3.41. The minimum atomic E-state index is -0.327. The van der Waals surface area contributed by atoms with Gasteiger partial charge in [-0.25, -0.2) is 14.1 Å². The van der Waals surface area contributed by atoms with E-state index in [9.17, 15) is 9.18 Å². The number of carbonyl (C=O) groups is 1. The van der Waals surface area contributed by atoms with Gasteiger partial charge < -0.3 is 5.32 Å². The van der Waals surface area contributed by atoms with E-state index in [1.54, 1.807) is 52.1 Å². The summed E-state index contributed by atoms with van der Waals surface area (Å²) in [6.07, 6.45) is 6.61. The van der Waals surface area contributed by atoms with Gasteiger partial charge in [0.2, 0.25) is 0 Å². The van der Waals surface area contributed by atoms with Gasteiger partial charge in [0, 0.05) is 18.9 Å². The second-order valence-electron chi connectivity index (χ2n) is 6.89. The highest BCUT2D eigenvalue weighted by Gasteiger charge is 2.21. The summed E-state index contributed by atoms with van der Waals surface area (Å²) in [5, 5.41) is 7.27. The van der Waals surface area contributed by atoms with E-state index in [4.69, 9.17) is 0 Å². The van der Waals surface area contributed by atoms with E-state index in [2.05, 4.69) is 20.4 Å². The molecule has 0 saturated carbocycles. The fourth-order valence-electron chi connectivity index (χ4n) is 3.41.